The molecule has 3 N–H and O–H groups in total. The normalized spacial score (nSPS) is 11.2. The fraction of sp³-hybridized carbons (Fsp3) is 0.0800. The predicted molar refractivity (Wildman–Crippen MR) is 129 cm³/mol. The second-order valence-electron chi connectivity index (χ2n) is 8.03. The molecule has 11 heteroatoms. The highest BCUT2D eigenvalue weighted by atomic mass is 16.5. The number of fused-ring (bicyclic) bond motifs is 1. The summed E-state index contributed by atoms with van der Waals surface area (Å²) in [5.41, 5.74) is 3.37. The largest absolute Gasteiger partial charge is 0.494 e. The van der Waals surface area contributed by atoms with E-state index in [1.54, 1.807) is 37.5 Å². The molecule has 0 saturated heterocycles. The van der Waals surface area contributed by atoms with E-state index in [0.29, 0.717) is 51.5 Å². The van der Waals surface area contributed by atoms with E-state index >= 15 is 0 Å². The number of pyridine rings is 2. The number of nitrogens with one attached hydrogen (secondary N) is 1. The molecule has 0 fully saturated rings. The van der Waals surface area contributed by atoms with Crippen LogP contribution in [0.2, 0.25) is 0 Å². The summed E-state index contributed by atoms with van der Waals surface area (Å²) >= 11 is 0. The summed E-state index contributed by atoms with van der Waals surface area (Å²) in [4.78, 5) is 20.9. The number of benzene rings is 1. The highest BCUT2D eigenvalue weighted by Crippen LogP contribution is 2.33. The third kappa shape index (κ3) is 3.98. The highest BCUT2D eigenvalue weighted by Gasteiger charge is 2.16. The SMILES string of the molecule is Cc1nc(-c2ccc(Oc3cc4nc(-c5ccccn5)[nH]c4cc3Cn3c(O)ccc3O)cn2)no1. The number of aromatic hydroxyl groups is 2. The summed E-state index contributed by atoms with van der Waals surface area (Å²) in [6, 6.07) is 15.6. The third-order valence-electron chi connectivity index (χ3n) is 5.56. The maximum atomic E-state index is 10.2. The molecule has 0 aliphatic rings. The Labute approximate surface area is 203 Å². The third-order valence-corrected chi connectivity index (χ3v) is 5.56. The van der Waals surface area contributed by atoms with Gasteiger partial charge in [-0.2, -0.15) is 4.98 Å². The zero-order chi connectivity index (χ0) is 24.6. The molecule has 5 heterocycles. The monoisotopic (exact) mass is 481 g/mol. The van der Waals surface area contributed by atoms with Crippen LogP contribution in [0.25, 0.3) is 34.1 Å². The fourth-order valence-corrected chi connectivity index (χ4v) is 3.81. The van der Waals surface area contributed by atoms with Crippen LogP contribution < -0.4 is 4.74 Å². The number of nitrogens with zero attached hydrogens (tertiary/aromatic N) is 6. The van der Waals surface area contributed by atoms with Gasteiger partial charge in [0.15, 0.2) is 17.6 Å². The van der Waals surface area contributed by atoms with Gasteiger partial charge in [-0.15, -0.1) is 0 Å². The number of rotatable bonds is 6. The molecule has 0 amide bonds. The second-order valence-corrected chi connectivity index (χ2v) is 8.03. The van der Waals surface area contributed by atoms with Crippen LogP contribution in [0, 0.1) is 6.92 Å². The Hall–Kier alpha value is -5.19. The van der Waals surface area contributed by atoms with Crippen LogP contribution in [-0.4, -0.2) is 44.9 Å². The first-order chi connectivity index (χ1) is 17.5. The van der Waals surface area contributed by atoms with Crippen LogP contribution in [0.1, 0.15) is 11.5 Å². The van der Waals surface area contributed by atoms with Crippen molar-refractivity contribution in [1.29, 1.82) is 0 Å². The van der Waals surface area contributed by atoms with E-state index in [4.69, 9.17) is 9.26 Å². The van der Waals surface area contributed by atoms with E-state index in [9.17, 15) is 10.2 Å². The summed E-state index contributed by atoms with van der Waals surface area (Å²) in [5.74, 6) is 2.27. The number of imidazole rings is 1. The van der Waals surface area contributed by atoms with Crippen LogP contribution >= 0.6 is 0 Å². The number of hydrogen-bond donors (Lipinski definition) is 3. The van der Waals surface area contributed by atoms with Gasteiger partial charge >= 0.3 is 0 Å². The predicted octanol–water partition coefficient (Wildman–Crippen LogP) is 4.43. The summed E-state index contributed by atoms with van der Waals surface area (Å²) in [5, 5.41) is 24.2. The second kappa shape index (κ2) is 8.55. The maximum Gasteiger partial charge on any atom is 0.223 e. The van der Waals surface area contributed by atoms with Gasteiger partial charge in [0, 0.05) is 36.9 Å². The molecule has 0 aliphatic heterocycles. The molecule has 0 aliphatic carbocycles. The zero-order valence-corrected chi connectivity index (χ0v) is 19.0. The Bertz CT molecular complexity index is 1650. The van der Waals surface area contributed by atoms with Crippen molar-refractivity contribution in [3.05, 3.63) is 78.4 Å². The van der Waals surface area contributed by atoms with Crippen LogP contribution in [-0.2, 0) is 6.54 Å². The topological polar surface area (TPSA) is 148 Å². The molecular formula is C25H19N7O4. The molecule has 0 atom stereocenters. The van der Waals surface area contributed by atoms with Crippen LogP contribution in [0.3, 0.4) is 0 Å². The lowest BCUT2D eigenvalue weighted by Gasteiger charge is -2.13. The van der Waals surface area contributed by atoms with Crippen molar-refractivity contribution in [1.82, 2.24) is 34.6 Å². The van der Waals surface area contributed by atoms with E-state index in [-0.39, 0.29) is 18.3 Å². The zero-order valence-electron chi connectivity index (χ0n) is 19.0. The molecular weight excluding hydrogens is 462 g/mol. The number of H-pyrrole nitrogens is 1. The Morgan fingerprint density at radius 1 is 0.972 bits per heavy atom. The van der Waals surface area contributed by atoms with Gasteiger partial charge in [0.25, 0.3) is 0 Å². The summed E-state index contributed by atoms with van der Waals surface area (Å²) < 4.78 is 12.6. The molecule has 0 spiro atoms. The number of hydrogen-bond acceptors (Lipinski definition) is 9. The Kier molecular flexibility index (Phi) is 5.07. The van der Waals surface area contributed by atoms with Crippen molar-refractivity contribution in [2.24, 2.45) is 0 Å². The van der Waals surface area contributed by atoms with E-state index in [2.05, 4.69) is 30.1 Å². The quantitative estimate of drug-likeness (QED) is 0.314. The lowest BCUT2D eigenvalue weighted by molar-refractivity contribution is 0.375. The van der Waals surface area contributed by atoms with Crippen molar-refractivity contribution < 1.29 is 19.5 Å². The minimum absolute atomic E-state index is 0.0706. The summed E-state index contributed by atoms with van der Waals surface area (Å²) in [6.45, 7) is 1.86. The molecule has 6 aromatic rings. The highest BCUT2D eigenvalue weighted by molar-refractivity contribution is 5.81. The molecule has 178 valence electrons. The van der Waals surface area contributed by atoms with Gasteiger partial charge < -0.3 is 24.5 Å². The Morgan fingerprint density at radius 2 is 1.83 bits per heavy atom. The van der Waals surface area contributed by atoms with Crippen molar-refractivity contribution in [3.8, 4) is 46.3 Å². The van der Waals surface area contributed by atoms with Gasteiger partial charge in [0.2, 0.25) is 11.7 Å². The van der Waals surface area contributed by atoms with E-state index in [1.807, 2.05) is 24.3 Å². The fourth-order valence-electron chi connectivity index (χ4n) is 3.81. The van der Waals surface area contributed by atoms with Crippen LogP contribution in [0.15, 0.2) is 71.5 Å². The number of aromatic nitrogens is 7. The number of aromatic amines is 1. The minimum Gasteiger partial charge on any atom is -0.494 e. The van der Waals surface area contributed by atoms with Crippen molar-refractivity contribution in [2.75, 3.05) is 0 Å². The molecule has 0 unspecified atom stereocenters. The molecule has 5 aromatic heterocycles. The van der Waals surface area contributed by atoms with Gasteiger partial charge in [-0.3, -0.25) is 9.55 Å². The first-order valence-corrected chi connectivity index (χ1v) is 11.0. The van der Waals surface area contributed by atoms with Gasteiger partial charge in [-0.25, -0.2) is 9.97 Å². The molecule has 0 radical (unpaired) electrons. The van der Waals surface area contributed by atoms with Crippen LogP contribution in [0.5, 0.6) is 23.3 Å². The summed E-state index contributed by atoms with van der Waals surface area (Å²) in [6.07, 6.45) is 3.26. The van der Waals surface area contributed by atoms with Gasteiger partial charge in [0.05, 0.1) is 23.8 Å². The summed E-state index contributed by atoms with van der Waals surface area (Å²) in [7, 11) is 0. The average Bonchev–Trinajstić information content (AvgIpc) is 3.60. The smallest absolute Gasteiger partial charge is 0.223 e. The number of ether oxygens (including phenoxy) is 1. The van der Waals surface area contributed by atoms with Gasteiger partial charge in [-0.1, -0.05) is 11.2 Å². The van der Waals surface area contributed by atoms with Gasteiger partial charge in [0.1, 0.15) is 22.9 Å². The minimum atomic E-state index is -0.0706. The van der Waals surface area contributed by atoms with Gasteiger partial charge in [-0.05, 0) is 30.3 Å². The lowest BCUT2D eigenvalue weighted by atomic mass is 10.1. The van der Waals surface area contributed by atoms with Crippen molar-refractivity contribution in [2.45, 2.75) is 13.5 Å². The first-order valence-electron chi connectivity index (χ1n) is 11.0. The average molecular weight is 481 g/mol. The molecule has 0 bridgehead atoms. The Balaban J connectivity index is 1.39. The van der Waals surface area contributed by atoms with Crippen LogP contribution in [0.4, 0.5) is 0 Å². The van der Waals surface area contributed by atoms with E-state index < -0.39 is 0 Å². The molecule has 6 rings (SSSR count). The standard InChI is InChI=1S/C25H19N7O4/c1-14-28-25(31-36-14)18-6-5-16(12-27-18)35-21-11-20-19(29-24(30-20)17-4-2-3-9-26-17)10-15(21)13-32-22(33)7-8-23(32)34/h2-12,33-34H,13H2,1H3,(H,29,30). The maximum absolute atomic E-state index is 10.2. The van der Waals surface area contributed by atoms with E-state index in [0.717, 1.165) is 5.52 Å². The van der Waals surface area contributed by atoms with Crippen molar-refractivity contribution in [3.63, 3.8) is 0 Å². The Morgan fingerprint density at radius 3 is 2.53 bits per heavy atom. The van der Waals surface area contributed by atoms with Crippen molar-refractivity contribution >= 4 is 11.0 Å². The first kappa shape index (κ1) is 21.4. The lowest BCUT2D eigenvalue weighted by Crippen LogP contribution is -2.01. The molecule has 0 saturated carbocycles. The number of aryl methyl sites for hydroxylation is 1. The molecule has 1 aromatic carbocycles. The van der Waals surface area contributed by atoms with E-state index in [1.165, 1.54) is 16.7 Å². The molecule has 36 heavy (non-hydrogen) atoms. The molecule has 11 nitrogen and oxygen atoms in total.